The van der Waals surface area contributed by atoms with Gasteiger partial charge in [0.2, 0.25) is 0 Å². The topological polar surface area (TPSA) is 59.9 Å². The summed E-state index contributed by atoms with van der Waals surface area (Å²) in [5.74, 6) is -7.12. The molecule has 0 saturated heterocycles. The average Bonchev–Trinajstić information content (AvgIpc) is 2.47. The molecule has 0 aliphatic carbocycles. The maximum atomic E-state index is 13.1. The van der Waals surface area contributed by atoms with Crippen molar-refractivity contribution < 1.29 is 45.0 Å². The molecule has 0 bridgehead atoms. The average molecular weight is 455 g/mol. The van der Waals surface area contributed by atoms with E-state index in [1.165, 1.54) is 13.2 Å². The third-order valence-electron chi connectivity index (χ3n) is 2.70. The lowest BCUT2D eigenvalue weighted by Gasteiger charge is -2.27. The number of nitrogens with one attached hydrogen (secondary N) is 1. The van der Waals surface area contributed by atoms with Gasteiger partial charge in [0.05, 0.1) is 13.3 Å². The molecule has 5 nitrogen and oxygen atoms in total. The second-order valence-corrected chi connectivity index (χ2v) is 5.49. The fourth-order valence-electron chi connectivity index (χ4n) is 1.48. The number of nitrogens with zero attached hydrogens (tertiary/aromatic N) is 1. The summed E-state index contributed by atoms with van der Waals surface area (Å²) in [6.45, 7) is 1.11. The van der Waals surface area contributed by atoms with Gasteiger partial charge in [-0.3, -0.25) is 4.79 Å². The van der Waals surface area contributed by atoms with Crippen LogP contribution in [0.25, 0.3) is 0 Å². The van der Waals surface area contributed by atoms with Crippen molar-refractivity contribution in [2.45, 2.75) is 25.1 Å². The molecular formula is C13H10BrF7N2O3. The molecule has 1 aromatic rings. The molecule has 0 aliphatic rings. The Kier molecular flexibility index (Phi) is 6.49. The van der Waals surface area contributed by atoms with Crippen molar-refractivity contribution in [2.75, 3.05) is 7.11 Å². The van der Waals surface area contributed by atoms with E-state index in [1.807, 2.05) is 0 Å². The van der Waals surface area contributed by atoms with Crippen LogP contribution in [0.5, 0.6) is 11.5 Å². The van der Waals surface area contributed by atoms with Gasteiger partial charge >= 0.3 is 24.1 Å². The first-order valence-corrected chi connectivity index (χ1v) is 7.20. The standard InChI is InChI=1S/C13H10BrF7N2O3/c1-6(24)26-10-4-8(14)7(3-9(10)25-2)5-22-23-13(20,21)11(15,16)12(17,18)19/h3-5,23H,1-2H3/b22-5+. The minimum Gasteiger partial charge on any atom is -0.493 e. The summed E-state index contributed by atoms with van der Waals surface area (Å²) in [6.07, 6.45) is -5.93. The van der Waals surface area contributed by atoms with Gasteiger partial charge in [-0.1, -0.05) is 0 Å². The van der Waals surface area contributed by atoms with E-state index < -0.39 is 24.1 Å². The highest BCUT2D eigenvalue weighted by Crippen LogP contribution is 2.45. The van der Waals surface area contributed by atoms with Gasteiger partial charge in [-0.05, 0) is 28.1 Å². The molecule has 0 heterocycles. The zero-order chi connectivity index (χ0) is 20.3. The van der Waals surface area contributed by atoms with E-state index in [0.29, 0.717) is 11.6 Å². The van der Waals surface area contributed by atoms with Crippen LogP contribution in [0.1, 0.15) is 12.5 Å². The number of esters is 1. The molecule has 0 radical (unpaired) electrons. The third-order valence-corrected chi connectivity index (χ3v) is 3.38. The lowest BCUT2D eigenvalue weighted by molar-refractivity contribution is -0.361. The van der Waals surface area contributed by atoms with E-state index in [-0.39, 0.29) is 21.5 Å². The maximum Gasteiger partial charge on any atom is 0.462 e. The first-order valence-electron chi connectivity index (χ1n) is 6.41. The van der Waals surface area contributed by atoms with Gasteiger partial charge in [0, 0.05) is 17.0 Å². The molecule has 0 fully saturated rings. The lowest BCUT2D eigenvalue weighted by Crippen LogP contribution is -2.58. The Morgan fingerprint density at radius 1 is 1.15 bits per heavy atom. The zero-order valence-corrected chi connectivity index (χ0v) is 14.5. The monoisotopic (exact) mass is 454 g/mol. The molecule has 146 valence electrons. The Morgan fingerprint density at radius 3 is 2.19 bits per heavy atom. The summed E-state index contributed by atoms with van der Waals surface area (Å²) in [7, 11) is 1.19. The summed E-state index contributed by atoms with van der Waals surface area (Å²) in [4.78, 5) is 11.0. The van der Waals surface area contributed by atoms with E-state index in [0.717, 1.165) is 13.0 Å². The number of ether oxygens (including phenoxy) is 2. The molecule has 1 rings (SSSR count). The highest BCUT2D eigenvalue weighted by molar-refractivity contribution is 9.10. The van der Waals surface area contributed by atoms with Crippen molar-refractivity contribution in [3.05, 3.63) is 22.2 Å². The van der Waals surface area contributed by atoms with Crippen molar-refractivity contribution in [3.63, 3.8) is 0 Å². The smallest absolute Gasteiger partial charge is 0.462 e. The second kappa shape index (κ2) is 7.68. The molecule has 0 spiro atoms. The summed E-state index contributed by atoms with van der Waals surface area (Å²) in [6, 6.07) is -3.38. The number of benzene rings is 1. The number of hydrogen-bond acceptors (Lipinski definition) is 5. The Morgan fingerprint density at radius 2 is 1.73 bits per heavy atom. The van der Waals surface area contributed by atoms with Crippen LogP contribution >= 0.6 is 15.9 Å². The largest absolute Gasteiger partial charge is 0.493 e. The van der Waals surface area contributed by atoms with Gasteiger partial charge in [-0.2, -0.15) is 35.8 Å². The Hall–Kier alpha value is -2.05. The SMILES string of the molecule is COc1cc(/C=N/NC(F)(F)C(F)(F)C(F)(F)F)c(Br)cc1OC(C)=O. The molecule has 0 aromatic heterocycles. The maximum absolute atomic E-state index is 13.1. The van der Waals surface area contributed by atoms with Gasteiger partial charge < -0.3 is 9.47 Å². The Bertz CT molecular complexity index is 708. The van der Waals surface area contributed by atoms with Crippen LogP contribution in [0.3, 0.4) is 0 Å². The first kappa shape index (κ1) is 22.0. The van der Waals surface area contributed by atoms with Crippen molar-refractivity contribution in [3.8, 4) is 11.5 Å². The minimum absolute atomic E-state index is 0.0442. The minimum atomic E-state index is -6.48. The zero-order valence-electron chi connectivity index (χ0n) is 12.9. The Balaban J connectivity index is 3.07. The highest BCUT2D eigenvalue weighted by Gasteiger charge is 2.73. The highest BCUT2D eigenvalue weighted by atomic mass is 79.9. The fourth-order valence-corrected chi connectivity index (χ4v) is 1.90. The van der Waals surface area contributed by atoms with Crippen LogP contribution < -0.4 is 14.9 Å². The fraction of sp³-hybridized carbons (Fsp3) is 0.385. The molecule has 0 saturated carbocycles. The molecule has 26 heavy (non-hydrogen) atoms. The predicted octanol–water partition coefficient (Wildman–Crippen LogP) is 4.10. The van der Waals surface area contributed by atoms with Crippen LogP contribution in [0, 0.1) is 0 Å². The van der Waals surface area contributed by atoms with Crippen molar-refractivity contribution in [2.24, 2.45) is 5.10 Å². The second-order valence-electron chi connectivity index (χ2n) is 4.63. The third kappa shape index (κ3) is 4.77. The summed E-state index contributed by atoms with van der Waals surface area (Å²) >= 11 is 2.97. The number of rotatable bonds is 6. The molecule has 0 atom stereocenters. The molecule has 0 aliphatic heterocycles. The predicted molar refractivity (Wildman–Crippen MR) is 78.7 cm³/mol. The van der Waals surface area contributed by atoms with Crippen LogP contribution in [-0.4, -0.2) is 37.4 Å². The number of hydrogen-bond donors (Lipinski definition) is 1. The van der Waals surface area contributed by atoms with Gasteiger partial charge in [0.1, 0.15) is 0 Å². The molecule has 0 unspecified atom stereocenters. The van der Waals surface area contributed by atoms with Crippen LogP contribution in [0.2, 0.25) is 0 Å². The molecule has 1 N–H and O–H groups in total. The number of alkyl halides is 7. The van der Waals surface area contributed by atoms with E-state index in [4.69, 9.17) is 9.47 Å². The number of hydrazone groups is 1. The molecule has 0 amide bonds. The van der Waals surface area contributed by atoms with Crippen molar-refractivity contribution in [1.82, 2.24) is 5.43 Å². The number of methoxy groups -OCH3 is 1. The summed E-state index contributed by atoms with van der Waals surface area (Å²) in [5, 5.41) is 2.72. The normalized spacial score (nSPS) is 13.0. The van der Waals surface area contributed by atoms with Crippen molar-refractivity contribution in [1.29, 1.82) is 0 Å². The van der Waals surface area contributed by atoms with E-state index >= 15 is 0 Å². The van der Waals surface area contributed by atoms with E-state index in [9.17, 15) is 35.5 Å². The molecular weight excluding hydrogens is 445 g/mol. The van der Waals surface area contributed by atoms with Crippen molar-refractivity contribution >= 4 is 28.1 Å². The van der Waals surface area contributed by atoms with Gasteiger partial charge in [-0.15, -0.1) is 0 Å². The number of halogens is 8. The Labute approximate surface area is 150 Å². The van der Waals surface area contributed by atoms with Gasteiger partial charge in [0.15, 0.2) is 11.5 Å². The summed E-state index contributed by atoms with van der Waals surface area (Å²) < 4.78 is 97.4. The lowest BCUT2D eigenvalue weighted by atomic mass is 10.2. The quantitative estimate of drug-likeness (QED) is 0.175. The van der Waals surface area contributed by atoms with Gasteiger partial charge in [-0.25, -0.2) is 5.43 Å². The van der Waals surface area contributed by atoms with Crippen LogP contribution in [-0.2, 0) is 4.79 Å². The van der Waals surface area contributed by atoms with Crippen LogP contribution in [0.4, 0.5) is 30.7 Å². The van der Waals surface area contributed by atoms with Gasteiger partial charge in [0.25, 0.3) is 0 Å². The summed E-state index contributed by atoms with van der Waals surface area (Å²) in [5.41, 5.74) is 0.440. The number of carbonyl (C=O) groups excluding carboxylic acids is 1. The first-order chi connectivity index (χ1) is 11.7. The van der Waals surface area contributed by atoms with Crippen LogP contribution in [0.15, 0.2) is 21.7 Å². The van der Waals surface area contributed by atoms with E-state index in [1.54, 1.807) is 0 Å². The number of carbonyl (C=O) groups is 1. The van der Waals surface area contributed by atoms with E-state index in [2.05, 4.69) is 21.0 Å². The molecule has 1 aromatic carbocycles. The molecule has 13 heteroatoms.